The second-order valence-corrected chi connectivity index (χ2v) is 6.13. The third-order valence-corrected chi connectivity index (χ3v) is 4.44. The molecule has 0 aliphatic carbocycles. The van der Waals surface area contributed by atoms with Gasteiger partial charge in [0, 0.05) is 5.69 Å². The Balaban J connectivity index is 1.58. The number of carbonyl (C=O) groups is 1. The minimum atomic E-state index is -0.326. The van der Waals surface area contributed by atoms with E-state index in [0.717, 1.165) is 18.8 Å². The summed E-state index contributed by atoms with van der Waals surface area (Å²) in [5.41, 5.74) is 0.564. The van der Waals surface area contributed by atoms with Crippen molar-refractivity contribution >= 4 is 11.7 Å². The van der Waals surface area contributed by atoms with E-state index < -0.39 is 0 Å². The smallest absolute Gasteiger partial charge is 0.319 e. The molecule has 1 fully saturated rings. The number of nitrogens with one attached hydrogen (secondary N) is 3. The zero-order chi connectivity index (χ0) is 16.8. The number of hydrogen-bond acceptors (Lipinski definition) is 2. The Morgan fingerprint density at radius 3 is 2.58 bits per heavy atom. The number of urea groups is 1. The fraction of sp³-hybridized carbons (Fsp3) is 0.389. The van der Waals surface area contributed by atoms with Gasteiger partial charge in [-0.3, -0.25) is 0 Å². The Labute approximate surface area is 140 Å². The number of halogens is 1. The Morgan fingerprint density at radius 2 is 1.92 bits per heavy atom. The van der Waals surface area contributed by atoms with E-state index in [1.54, 1.807) is 6.26 Å². The third-order valence-electron chi connectivity index (χ3n) is 4.44. The van der Waals surface area contributed by atoms with Crippen LogP contribution in [-0.2, 0) is 0 Å². The Bertz CT molecular complexity index is 637. The lowest BCUT2D eigenvalue weighted by atomic mass is 10.1. The lowest BCUT2D eigenvalue weighted by Crippen LogP contribution is -3.13. The summed E-state index contributed by atoms with van der Waals surface area (Å²) >= 11 is 0. The lowest BCUT2D eigenvalue weighted by molar-refractivity contribution is -0.936. The molecule has 5 nitrogen and oxygen atoms in total. The number of furan rings is 1. The molecule has 1 aromatic carbocycles. The molecule has 3 rings (SSSR count). The maximum Gasteiger partial charge on any atom is 0.319 e. The minimum absolute atomic E-state index is 0.110. The minimum Gasteiger partial charge on any atom is -0.463 e. The molecule has 0 bridgehead atoms. The van der Waals surface area contributed by atoms with Crippen molar-refractivity contribution in [1.82, 2.24) is 5.32 Å². The molecule has 1 aromatic heterocycles. The Hall–Kier alpha value is -2.34. The zero-order valence-electron chi connectivity index (χ0n) is 13.6. The van der Waals surface area contributed by atoms with E-state index in [1.807, 2.05) is 12.1 Å². The molecular formula is C18H23FN3O2+. The molecule has 0 unspecified atom stereocenters. The van der Waals surface area contributed by atoms with Crippen LogP contribution in [0.3, 0.4) is 0 Å². The van der Waals surface area contributed by atoms with Gasteiger partial charge in [-0.1, -0.05) is 0 Å². The lowest BCUT2D eigenvalue weighted by Gasteiger charge is -2.30. The highest BCUT2D eigenvalue weighted by atomic mass is 19.1. The molecule has 2 heterocycles. The van der Waals surface area contributed by atoms with E-state index >= 15 is 0 Å². The van der Waals surface area contributed by atoms with E-state index in [4.69, 9.17) is 4.42 Å². The molecule has 128 valence electrons. The number of benzene rings is 1. The van der Waals surface area contributed by atoms with Gasteiger partial charge >= 0.3 is 6.03 Å². The molecule has 1 aliphatic rings. The predicted octanol–water partition coefficient (Wildman–Crippen LogP) is 2.35. The van der Waals surface area contributed by atoms with Gasteiger partial charge < -0.3 is 20.0 Å². The predicted molar refractivity (Wildman–Crippen MR) is 89.4 cm³/mol. The molecule has 6 heteroatoms. The largest absolute Gasteiger partial charge is 0.463 e. The van der Waals surface area contributed by atoms with Crippen LogP contribution in [0.2, 0.25) is 0 Å². The Morgan fingerprint density at radius 1 is 1.17 bits per heavy atom. The van der Waals surface area contributed by atoms with Crippen LogP contribution >= 0.6 is 0 Å². The van der Waals surface area contributed by atoms with Crippen LogP contribution in [0.15, 0.2) is 47.1 Å². The fourth-order valence-corrected chi connectivity index (χ4v) is 3.19. The molecule has 0 radical (unpaired) electrons. The maximum atomic E-state index is 12.9. The molecule has 24 heavy (non-hydrogen) atoms. The zero-order valence-corrected chi connectivity index (χ0v) is 13.6. The first-order chi connectivity index (χ1) is 11.7. The molecule has 0 spiro atoms. The molecule has 2 amide bonds. The summed E-state index contributed by atoms with van der Waals surface area (Å²) in [4.78, 5) is 13.5. The Kier molecular flexibility index (Phi) is 5.48. The van der Waals surface area contributed by atoms with Crippen molar-refractivity contribution in [3.63, 3.8) is 0 Å². The normalized spacial score (nSPS) is 16.5. The van der Waals surface area contributed by atoms with E-state index in [1.165, 1.54) is 48.4 Å². The highest BCUT2D eigenvalue weighted by Gasteiger charge is 2.28. The molecule has 1 saturated heterocycles. The maximum absolute atomic E-state index is 12.9. The van der Waals surface area contributed by atoms with Crippen LogP contribution in [0.4, 0.5) is 14.9 Å². The van der Waals surface area contributed by atoms with Gasteiger partial charge in [-0.05, 0) is 55.7 Å². The van der Waals surface area contributed by atoms with Crippen LogP contribution in [0.1, 0.15) is 31.1 Å². The number of anilines is 1. The summed E-state index contributed by atoms with van der Waals surface area (Å²) < 4.78 is 18.5. The molecule has 3 N–H and O–H groups in total. The van der Waals surface area contributed by atoms with Crippen molar-refractivity contribution in [2.24, 2.45) is 0 Å². The standard InChI is InChI=1S/C18H22FN3O2/c19-14-6-8-15(9-7-14)21-18(23)20-13-16(17-5-4-12-24-17)22-10-2-1-3-11-22/h4-9,12,16H,1-3,10-11,13H2,(H2,20,21,23)/p+1/t16-/m1/s1. The first-order valence-electron chi connectivity index (χ1n) is 8.41. The summed E-state index contributed by atoms with van der Waals surface area (Å²) in [5.74, 6) is 0.571. The number of amides is 2. The van der Waals surface area contributed by atoms with Crippen molar-refractivity contribution in [2.45, 2.75) is 25.3 Å². The quantitative estimate of drug-likeness (QED) is 0.787. The van der Waals surface area contributed by atoms with Crippen LogP contribution in [0, 0.1) is 5.82 Å². The van der Waals surface area contributed by atoms with Gasteiger partial charge in [0.2, 0.25) is 0 Å². The van der Waals surface area contributed by atoms with Gasteiger partial charge in [0.25, 0.3) is 0 Å². The highest BCUT2D eigenvalue weighted by molar-refractivity contribution is 5.89. The van der Waals surface area contributed by atoms with Crippen molar-refractivity contribution in [3.05, 3.63) is 54.2 Å². The van der Waals surface area contributed by atoms with Gasteiger partial charge in [-0.15, -0.1) is 0 Å². The van der Waals surface area contributed by atoms with Crippen molar-refractivity contribution in [3.8, 4) is 0 Å². The molecular weight excluding hydrogens is 309 g/mol. The number of piperidine rings is 1. The molecule has 2 aromatic rings. The van der Waals surface area contributed by atoms with Gasteiger partial charge in [0.1, 0.15) is 5.82 Å². The summed E-state index contributed by atoms with van der Waals surface area (Å²) in [7, 11) is 0. The number of hydrogen-bond donors (Lipinski definition) is 3. The SMILES string of the molecule is O=C(NC[C@H](c1ccco1)[NH+]1CCCCC1)Nc1ccc(F)cc1. The second kappa shape index (κ2) is 7.97. The fourth-order valence-electron chi connectivity index (χ4n) is 3.19. The second-order valence-electron chi connectivity index (χ2n) is 6.13. The molecule has 1 aliphatic heterocycles. The van der Waals surface area contributed by atoms with Crippen LogP contribution in [0.5, 0.6) is 0 Å². The average Bonchev–Trinajstić information content (AvgIpc) is 3.12. The van der Waals surface area contributed by atoms with E-state index in [-0.39, 0.29) is 17.9 Å². The highest BCUT2D eigenvalue weighted by Crippen LogP contribution is 2.12. The van der Waals surface area contributed by atoms with Crippen LogP contribution in [0.25, 0.3) is 0 Å². The number of likely N-dealkylation sites (tertiary alicyclic amines) is 1. The van der Waals surface area contributed by atoms with E-state index in [9.17, 15) is 9.18 Å². The van der Waals surface area contributed by atoms with Crippen LogP contribution < -0.4 is 15.5 Å². The summed E-state index contributed by atoms with van der Waals surface area (Å²) in [5, 5.41) is 5.62. The topological polar surface area (TPSA) is 58.7 Å². The third kappa shape index (κ3) is 4.35. The van der Waals surface area contributed by atoms with E-state index in [2.05, 4.69) is 10.6 Å². The van der Waals surface area contributed by atoms with Crippen LogP contribution in [-0.4, -0.2) is 25.7 Å². The van der Waals surface area contributed by atoms with Crippen molar-refractivity contribution in [1.29, 1.82) is 0 Å². The molecule has 1 atom stereocenters. The van der Waals surface area contributed by atoms with E-state index in [0.29, 0.717) is 12.2 Å². The number of carbonyl (C=O) groups excluding carboxylic acids is 1. The van der Waals surface area contributed by atoms with Gasteiger partial charge in [-0.25, -0.2) is 9.18 Å². The van der Waals surface area contributed by atoms with Crippen molar-refractivity contribution in [2.75, 3.05) is 25.0 Å². The number of quaternary nitrogens is 1. The number of rotatable bonds is 5. The summed E-state index contributed by atoms with van der Waals surface area (Å²) in [6.45, 7) is 2.68. The summed E-state index contributed by atoms with van der Waals surface area (Å²) in [6.07, 6.45) is 5.35. The monoisotopic (exact) mass is 332 g/mol. The first-order valence-corrected chi connectivity index (χ1v) is 8.41. The van der Waals surface area contributed by atoms with Gasteiger partial charge in [0.05, 0.1) is 25.9 Å². The van der Waals surface area contributed by atoms with Gasteiger partial charge in [0.15, 0.2) is 11.8 Å². The first kappa shape index (κ1) is 16.5. The van der Waals surface area contributed by atoms with Gasteiger partial charge in [-0.2, -0.15) is 0 Å². The average molecular weight is 332 g/mol. The molecule has 0 saturated carbocycles. The van der Waals surface area contributed by atoms with Crippen molar-refractivity contribution < 1.29 is 18.5 Å². The summed E-state index contributed by atoms with van der Waals surface area (Å²) in [6, 6.07) is 9.37.